The van der Waals surface area contributed by atoms with Crippen LogP contribution in [0.2, 0.25) is 0 Å². The normalized spacial score (nSPS) is 11.4. The first kappa shape index (κ1) is 16.0. The number of carbonyl (C=O) groups is 1. The van der Waals surface area contributed by atoms with Gasteiger partial charge in [-0.3, -0.25) is 4.72 Å². The highest BCUT2D eigenvalue weighted by Crippen LogP contribution is 2.23. The molecule has 0 unspecified atom stereocenters. The van der Waals surface area contributed by atoms with Crippen LogP contribution in [0.25, 0.3) is 10.8 Å². The van der Waals surface area contributed by atoms with Crippen molar-refractivity contribution in [3.8, 4) is 0 Å². The Hall–Kier alpha value is -2.86. The number of carboxylic acid groups (broad SMARTS) is 1. The summed E-state index contributed by atoms with van der Waals surface area (Å²) in [7, 11) is -3.91. The number of fused-ring (bicyclic) bond motifs is 1. The van der Waals surface area contributed by atoms with Gasteiger partial charge in [0.05, 0.1) is 16.6 Å². The van der Waals surface area contributed by atoms with E-state index in [9.17, 15) is 18.3 Å². The summed E-state index contributed by atoms with van der Waals surface area (Å²) in [5.41, 5.74) is 0.845. The minimum Gasteiger partial charge on any atom is -0.545 e. The summed E-state index contributed by atoms with van der Waals surface area (Å²) in [4.78, 5) is 11.2. The third-order valence-corrected chi connectivity index (χ3v) is 5.03. The fourth-order valence-electron chi connectivity index (χ4n) is 2.46. The van der Waals surface area contributed by atoms with Crippen LogP contribution in [0.5, 0.6) is 0 Å². The number of hydrogen-bond acceptors (Lipinski definition) is 4. The predicted octanol–water partition coefficient (Wildman–Crippen LogP) is 2.31. The Balaban J connectivity index is 2.02. The molecule has 0 radical (unpaired) electrons. The van der Waals surface area contributed by atoms with E-state index in [0.29, 0.717) is 0 Å². The van der Waals surface area contributed by atoms with Crippen LogP contribution in [-0.4, -0.2) is 14.4 Å². The van der Waals surface area contributed by atoms with E-state index in [-0.39, 0.29) is 16.1 Å². The van der Waals surface area contributed by atoms with Gasteiger partial charge >= 0.3 is 0 Å². The van der Waals surface area contributed by atoms with Crippen LogP contribution in [0.1, 0.15) is 15.9 Å². The molecule has 0 aliphatic rings. The molecule has 0 saturated carbocycles. The second-order valence-corrected chi connectivity index (χ2v) is 7.13. The largest absolute Gasteiger partial charge is 0.545 e. The van der Waals surface area contributed by atoms with E-state index in [1.807, 2.05) is 25.1 Å². The van der Waals surface area contributed by atoms with Crippen molar-refractivity contribution in [2.75, 3.05) is 4.72 Å². The standard InChI is InChI=1S/C18H15NO4S/c1-12-6-7-14-11-15(9-8-13(14)10-12)24(22,23)19-17-5-3-2-4-16(17)18(20)21/h2-11,19H,1H3,(H,20,21)/p-1. The van der Waals surface area contributed by atoms with E-state index in [2.05, 4.69) is 4.72 Å². The number of carboxylic acids is 1. The van der Waals surface area contributed by atoms with E-state index in [1.54, 1.807) is 18.2 Å². The molecule has 3 aromatic carbocycles. The summed E-state index contributed by atoms with van der Waals surface area (Å²) in [5, 5.41) is 12.8. The Labute approximate surface area is 139 Å². The number of sulfonamides is 1. The third-order valence-electron chi connectivity index (χ3n) is 3.67. The van der Waals surface area contributed by atoms with Gasteiger partial charge in [-0.2, -0.15) is 0 Å². The first-order chi connectivity index (χ1) is 11.4. The summed E-state index contributed by atoms with van der Waals surface area (Å²) in [6.07, 6.45) is 0. The first-order valence-electron chi connectivity index (χ1n) is 7.20. The zero-order valence-corrected chi connectivity index (χ0v) is 13.6. The van der Waals surface area contributed by atoms with Crippen molar-refractivity contribution in [1.29, 1.82) is 0 Å². The molecule has 3 aromatic rings. The van der Waals surface area contributed by atoms with Gasteiger partial charge in [-0.25, -0.2) is 8.42 Å². The molecule has 0 heterocycles. The van der Waals surface area contributed by atoms with Crippen molar-refractivity contribution in [3.05, 3.63) is 71.8 Å². The van der Waals surface area contributed by atoms with Gasteiger partial charge in [0.2, 0.25) is 0 Å². The topological polar surface area (TPSA) is 86.3 Å². The third kappa shape index (κ3) is 3.09. The lowest BCUT2D eigenvalue weighted by atomic mass is 10.1. The first-order valence-corrected chi connectivity index (χ1v) is 8.69. The van der Waals surface area contributed by atoms with E-state index < -0.39 is 16.0 Å². The zero-order chi connectivity index (χ0) is 17.3. The van der Waals surface area contributed by atoms with Crippen LogP contribution >= 0.6 is 0 Å². The highest BCUT2D eigenvalue weighted by molar-refractivity contribution is 7.92. The summed E-state index contributed by atoms with van der Waals surface area (Å²) in [6.45, 7) is 1.96. The van der Waals surface area contributed by atoms with Gasteiger partial charge < -0.3 is 9.90 Å². The minimum absolute atomic E-state index is 0.0264. The second kappa shape index (κ2) is 5.98. The maximum atomic E-state index is 12.6. The Bertz CT molecular complexity index is 1040. The lowest BCUT2D eigenvalue weighted by molar-refractivity contribution is -0.254. The maximum absolute atomic E-state index is 12.6. The maximum Gasteiger partial charge on any atom is 0.261 e. The second-order valence-electron chi connectivity index (χ2n) is 5.45. The van der Waals surface area contributed by atoms with E-state index in [4.69, 9.17) is 0 Å². The molecule has 6 heteroatoms. The molecule has 122 valence electrons. The number of rotatable bonds is 4. The Morgan fingerprint density at radius 2 is 1.62 bits per heavy atom. The molecular weight excluding hydrogens is 326 g/mol. The zero-order valence-electron chi connectivity index (χ0n) is 12.8. The highest BCUT2D eigenvalue weighted by Gasteiger charge is 2.16. The number of hydrogen-bond donors (Lipinski definition) is 1. The molecule has 0 aliphatic heterocycles. The molecule has 0 saturated heterocycles. The number of nitrogens with one attached hydrogen (secondary N) is 1. The summed E-state index contributed by atoms with van der Waals surface area (Å²) in [6, 6.07) is 16.2. The monoisotopic (exact) mass is 340 g/mol. The highest BCUT2D eigenvalue weighted by atomic mass is 32.2. The average molecular weight is 340 g/mol. The summed E-state index contributed by atoms with van der Waals surface area (Å²) >= 11 is 0. The molecule has 24 heavy (non-hydrogen) atoms. The molecule has 0 atom stereocenters. The van der Waals surface area contributed by atoms with Gasteiger partial charge in [-0.1, -0.05) is 48.0 Å². The van der Waals surface area contributed by atoms with Gasteiger partial charge in [0, 0.05) is 5.56 Å². The van der Waals surface area contributed by atoms with Gasteiger partial charge in [-0.15, -0.1) is 0 Å². The quantitative estimate of drug-likeness (QED) is 0.789. The van der Waals surface area contributed by atoms with Crippen molar-refractivity contribution in [2.45, 2.75) is 11.8 Å². The van der Waals surface area contributed by atoms with Crippen molar-refractivity contribution < 1.29 is 18.3 Å². The number of aryl methyl sites for hydroxylation is 1. The van der Waals surface area contributed by atoms with Crippen LogP contribution in [-0.2, 0) is 10.0 Å². The van der Waals surface area contributed by atoms with E-state index in [0.717, 1.165) is 16.3 Å². The average Bonchev–Trinajstić information content (AvgIpc) is 2.54. The summed E-state index contributed by atoms with van der Waals surface area (Å²) < 4.78 is 27.4. The molecule has 0 aliphatic carbocycles. The molecular formula is C18H14NO4S-. The molecule has 3 rings (SSSR count). The fourth-order valence-corrected chi connectivity index (χ4v) is 3.58. The lowest BCUT2D eigenvalue weighted by Crippen LogP contribution is -2.24. The van der Waals surface area contributed by atoms with Crippen LogP contribution in [0.3, 0.4) is 0 Å². The Morgan fingerprint density at radius 1 is 0.958 bits per heavy atom. The van der Waals surface area contributed by atoms with Gasteiger partial charge in [0.1, 0.15) is 0 Å². The smallest absolute Gasteiger partial charge is 0.261 e. The molecule has 0 spiro atoms. The fraction of sp³-hybridized carbons (Fsp3) is 0.0556. The number of anilines is 1. The lowest BCUT2D eigenvalue weighted by Gasteiger charge is -2.13. The number of benzene rings is 3. The molecule has 0 aromatic heterocycles. The van der Waals surface area contributed by atoms with E-state index in [1.165, 1.54) is 24.3 Å². The van der Waals surface area contributed by atoms with Gasteiger partial charge in [0.15, 0.2) is 0 Å². The van der Waals surface area contributed by atoms with Crippen molar-refractivity contribution in [1.82, 2.24) is 0 Å². The van der Waals surface area contributed by atoms with Crippen molar-refractivity contribution in [2.24, 2.45) is 0 Å². The molecule has 0 fully saturated rings. The summed E-state index contributed by atoms with van der Waals surface area (Å²) in [5.74, 6) is -1.44. The predicted molar refractivity (Wildman–Crippen MR) is 90.3 cm³/mol. The van der Waals surface area contributed by atoms with Gasteiger partial charge in [0.25, 0.3) is 10.0 Å². The molecule has 1 N–H and O–H groups in total. The van der Waals surface area contributed by atoms with Crippen molar-refractivity contribution >= 4 is 32.5 Å². The SMILES string of the molecule is Cc1ccc2cc(S(=O)(=O)Nc3ccccc3C(=O)[O-])ccc2c1. The number of carbonyl (C=O) groups excluding carboxylic acids is 1. The van der Waals surface area contributed by atoms with Crippen molar-refractivity contribution in [3.63, 3.8) is 0 Å². The number of para-hydroxylation sites is 1. The molecule has 0 bridgehead atoms. The molecule has 0 amide bonds. The Morgan fingerprint density at radius 3 is 2.38 bits per heavy atom. The number of aromatic carboxylic acids is 1. The van der Waals surface area contributed by atoms with Crippen LogP contribution in [0, 0.1) is 6.92 Å². The minimum atomic E-state index is -3.91. The van der Waals surface area contributed by atoms with Crippen LogP contribution in [0.4, 0.5) is 5.69 Å². The molecule has 5 nitrogen and oxygen atoms in total. The van der Waals surface area contributed by atoms with Crippen LogP contribution < -0.4 is 9.83 Å². The van der Waals surface area contributed by atoms with E-state index >= 15 is 0 Å². The Kier molecular flexibility index (Phi) is 3.99. The van der Waals surface area contributed by atoms with Crippen LogP contribution in [0.15, 0.2) is 65.6 Å². The van der Waals surface area contributed by atoms with Gasteiger partial charge in [-0.05, 0) is 35.9 Å².